The summed E-state index contributed by atoms with van der Waals surface area (Å²) in [5.41, 5.74) is 1.75. The van der Waals surface area contributed by atoms with Crippen molar-refractivity contribution in [3.05, 3.63) is 48.0 Å². The zero-order valence-corrected chi connectivity index (χ0v) is 17.7. The molecule has 8 nitrogen and oxygen atoms in total. The number of nitrogens with zero attached hydrogens (tertiary/aromatic N) is 1. The van der Waals surface area contributed by atoms with Crippen molar-refractivity contribution in [2.45, 2.75) is 25.2 Å². The van der Waals surface area contributed by atoms with Crippen LogP contribution in [0.2, 0.25) is 0 Å². The molecule has 0 atom stereocenters. The van der Waals surface area contributed by atoms with Crippen LogP contribution in [0.5, 0.6) is 5.75 Å². The van der Waals surface area contributed by atoms with Crippen LogP contribution in [0, 0.1) is 0 Å². The Bertz CT molecular complexity index is 986. The standard InChI is InChI=1S/C20H25N3O5S/c1-5-28-18-11-10-17(13-19(18)29(26,27)23(3)4)22-20(25)12-15-6-8-16(9-7-15)21-14(2)24/h6-11,13H,5,12H2,1-4H3,(H,21,24)(H,22,25). The lowest BCUT2D eigenvalue weighted by molar-refractivity contribution is -0.116. The number of nitrogens with one attached hydrogen (secondary N) is 2. The lowest BCUT2D eigenvalue weighted by atomic mass is 10.1. The average molecular weight is 420 g/mol. The fourth-order valence-electron chi connectivity index (χ4n) is 2.56. The van der Waals surface area contributed by atoms with Gasteiger partial charge in [0.15, 0.2) is 0 Å². The van der Waals surface area contributed by atoms with E-state index in [1.54, 1.807) is 37.3 Å². The third-order valence-corrected chi connectivity index (χ3v) is 5.76. The minimum absolute atomic E-state index is 0.0122. The molecule has 0 aliphatic rings. The summed E-state index contributed by atoms with van der Waals surface area (Å²) in [4.78, 5) is 23.4. The van der Waals surface area contributed by atoms with Gasteiger partial charge in [0, 0.05) is 32.4 Å². The maximum atomic E-state index is 12.6. The van der Waals surface area contributed by atoms with Gasteiger partial charge in [-0.05, 0) is 42.8 Å². The third kappa shape index (κ3) is 6.03. The summed E-state index contributed by atoms with van der Waals surface area (Å²) in [5, 5.41) is 5.37. The van der Waals surface area contributed by atoms with Crippen LogP contribution >= 0.6 is 0 Å². The second-order valence-corrected chi connectivity index (χ2v) is 8.61. The lowest BCUT2D eigenvalue weighted by Gasteiger charge is -2.16. The Balaban J connectivity index is 2.16. The number of benzene rings is 2. The fourth-order valence-corrected chi connectivity index (χ4v) is 3.61. The Labute approximate surface area is 170 Å². The predicted molar refractivity (Wildman–Crippen MR) is 112 cm³/mol. The molecule has 0 fully saturated rings. The molecule has 0 bridgehead atoms. The molecule has 0 saturated carbocycles. The Hall–Kier alpha value is -2.91. The number of ether oxygens (including phenoxy) is 1. The molecule has 0 spiro atoms. The van der Waals surface area contributed by atoms with E-state index in [0.29, 0.717) is 18.0 Å². The van der Waals surface area contributed by atoms with E-state index in [1.165, 1.54) is 33.2 Å². The molecule has 2 aromatic rings. The molecule has 2 rings (SSSR count). The topological polar surface area (TPSA) is 105 Å². The summed E-state index contributed by atoms with van der Waals surface area (Å²) in [6.45, 7) is 3.50. The van der Waals surface area contributed by atoms with E-state index in [9.17, 15) is 18.0 Å². The summed E-state index contributed by atoms with van der Waals surface area (Å²) < 4.78 is 31.6. The smallest absolute Gasteiger partial charge is 0.246 e. The minimum atomic E-state index is -3.74. The van der Waals surface area contributed by atoms with E-state index < -0.39 is 10.0 Å². The van der Waals surface area contributed by atoms with Crippen LogP contribution in [0.3, 0.4) is 0 Å². The number of amides is 2. The highest BCUT2D eigenvalue weighted by Gasteiger charge is 2.23. The Morgan fingerprint density at radius 3 is 2.17 bits per heavy atom. The number of carbonyl (C=O) groups excluding carboxylic acids is 2. The van der Waals surface area contributed by atoms with Crippen LogP contribution in [0.15, 0.2) is 47.4 Å². The van der Waals surface area contributed by atoms with Crippen molar-refractivity contribution in [3.63, 3.8) is 0 Å². The molecule has 0 aliphatic heterocycles. The van der Waals surface area contributed by atoms with Gasteiger partial charge in [-0.2, -0.15) is 0 Å². The van der Waals surface area contributed by atoms with Crippen LogP contribution in [0.25, 0.3) is 0 Å². The summed E-state index contributed by atoms with van der Waals surface area (Å²) in [6, 6.07) is 11.4. The van der Waals surface area contributed by atoms with Crippen molar-refractivity contribution in [2.24, 2.45) is 0 Å². The number of carbonyl (C=O) groups is 2. The second-order valence-electron chi connectivity index (χ2n) is 6.49. The molecule has 0 aliphatic carbocycles. The van der Waals surface area contributed by atoms with Crippen LogP contribution in [0.1, 0.15) is 19.4 Å². The first-order chi connectivity index (χ1) is 13.6. The molecule has 0 radical (unpaired) electrons. The van der Waals surface area contributed by atoms with Gasteiger partial charge < -0.3 is 15.4 Å². The van der Waals surface area contributed by atoms with Crippen LogP contribution in [0.4, 0.5) is 11.4 Å². The second kappa shape index (κ2) is 9.53. The summed E-state index contributed by atoms with van der Waals surface area (Å²) in [5.74, 6) is -0.239. The lowest BCUT2D eigenvalue weighted by Crippen LogP contribution is -2.23. The van der Waals surface area contributed by atoms with Gasteiger partial charge in [0.25, 0.3) is 0 Å². The monoisotopic (exact) mass is 419 g/mol. The van der Waals surface area contributed by atoms with Gasteiger partial charge >= 0.3 is 0 Å². The van der Waals surface area contributed by atoms with Crippen molar-refractivity contribution in [1.29, 1.82) is 0 Å². The molecule has 29 heavy (non-hydrogen) atoms. The van der Waals surface area contributed by atoms with Gasteiger partial charge in [-0.15, -0.1) is 0 Å². The van der Waals surface area contributed by atoms with E-state index in [2.05, 4.69) is 10.6 Å². The number of sulfonamides is 1. The zero-order valence-electron chi connectivity index (χ0n) is 16.9. The van der Waals surface area contributed by atoms with Crippen molar-refractivity contribution in [3.8, 4) is 5.75 Å². The van der Waals surface area contributed by atoms with Crippen molar-refractivity contribution in [1.82, 2.24) is 4.31 Å². The molecular weight excluding hydrogens is 394 g/mol. The SMILES string of the molecule is CCOc1ccc(NC(=O)Cc2ccc(NC(C)=O)cc2)cc1S(=O)(=O)N(C)C. The number of anilines is 2. The molecule has 2 aromatic carbocycles. The Morgan fingerprint density at radius 2 is 1.62 bits per heavy atom. The van der Waals surface area contributed by atoms with Gasteiger partial charge in [-0.3, -0.25) is 9.59 Å². The molecule has 2 N–H and O–H groups in total. The Morgan fingerprint density at radius 1 is 1.00 bits per heavy atom. The van der Waals surface area contributed by atoms with Gasteiger partial charge in [0.2, 0.25) is 21.8 Å². The molecule has 0 heterocycles. The normalized spacial score (nSPS) is 11.2. The van der Waals surface area contributed by atoms with Crippen molar-refractivity contribution in [2.75, 3.05) is 31.3 Å². The maximum absolute atomic E-state index is 12.6. The van der Waals surface area contributed by atoms with E-state index in [1.807, 2.05) is 0 Å². The fraction of sp³-hybridized carbons (Fsp3) is 0.300. The molecule has 156 valence electrons. The highest BCUT2D eigenvalue weighted by atomic mass is 32.2. The number of hydrogen-bond donors (Lipinski definition) is 2. The summed E-state index contributed by atoms with van der Waals surface area (Å²) >= 11 is 0. The molecular formula is C20H25N3O5S. The maximum Gasteiger partial charge on any atom is 0.246 e. The summed E-state index contributed by atoms with van der Waals surface area (Å²) in [7, 11) is -0.876. The highest BCUT2D eigenvalue weighted by Crippen LogP contribution is 2.29. The van der Waals surface area contributed by atoms with Gasteiger partial charge in [-0.1, -0.05) is 12.1 Å². The van der Waals surface area contributed by atoms with Gasteiger partial charge in [0.1, 0.15) is 10.6 Å². The van der Waals surface area contributed by atoms with E-state index in [0.717, 1.165) is 9.87 Å². The highest BCUT2D eigenvalue weighted by molar-refractivity contribution is 7.89. The minimum Gasteiger partial charge on any atom is -0.492 e. The van der Waals surface area contributed by atoms with Crippen LogP contribution in [-0.4, -0.2) is 45.2 Å². The molecule has 0 saturated heterocycles. The van der Waals surface area contributed by atoms with E-state index in [-0.39, 0.29) is 28.9 Å². The van der Waals surface area contributed by atoms with Gasteiger partial charge in [0.05, 0.1) is 13.0 Å². The molecule has 0 unspecified atom stereocenters. The first-order valence-corrected chi connectivity index (χ1v) is 10.4. The van der Waals surface area contributed by atoms with Crippen LogP contribution < -0.4 is 15.4 Å². The zero-order chi connectivity index (χ0) is 21.6. The van der Waals surface area contributed by atoms with Crippen molar-refractivity contribution >= 4 is 33.2 Å². The number of hydrogen-bond acceptors (Lipinski definition) is 5. The quantitative estimate of drug-likeness (QED) is 0.684. The predicted octanol–water partition coefficient (Wildman–Crippen LogP) is 2.48. The van der Waals surface area contributed by atoms with E-state index in [4.69, 9.17) is 4.74 Å². The first-order valence-electron chi connectivity index (χ1n) is 8.99. The summed E-state index contributed by atoms with van der Waals surface area (Å²) in [6.07, 6.45) is 0.101. The number of rotatable bonds is 8. The Kier molecular flexibility index (Phi) is 7.35. The first kappa shape index (κ1) is 22.4. The van der Waals surface area contributed by atoms with Crippen LogP contribution in [-0.2, 0) is 26.0 Å². The molecule has 9 heteroatoms. The van der Waals surface area contributed by atoms with Gasteiger partial charge in [-0.25, -0.2) is 12.7 Å². The van der Waals surface area contributed by atoms with Crippen molar-refractivity contribution < 1.29 is 22.7 Å². The largest absolute Gasteiger partial charge is 0.492 e. The van der Waals surface area contributed by atoms with E-state index >= 15 is 0 Å². The molecule has 0 aromatic heterocycles. The average Bonchev–Trinajstić information content (AvgIpc) is 2.64. The third-order valence-electron chi connectivity index (χ3n) is 3.92. The molecule has 2 amide bonds.